The van der Waals surface area contributed by atoms with Gasteiger partial charge in [-0.2, -0.15) is 4.99 Å². The number of benzene rings is 2. The van der Waals surface area contributed by atoms with Gasteiger partial charge >= 0.3 is 5.97 Å². The van der Waals surface area contributed by atoms with Crippen LogP contribution in [0.15, 0.2) is 41.4 Å². The minimum absolute atomic E-state index is 0.0778. The fourth-order valence-electron chi connectivity index (χ4n) is 3.05. The van der Waals surface area contributed by atoms with Crippen molar-refractivity contribution in [1.82, 2.24) is 4.57 Å². The molecule has 2 heterocycles. The Kier molecular flexibility index (Phi) is 5.71. The molecule has 0 unspecified atom stereocenters. The number of thiazole rings is 1. The molecular weight excluding hydrogens is 408 g/mol. The van der Waals surface area contributed by atoms with Gasteiger partial charge in [0.15, 0.2) is 16.3 Å². The van der Waals surface area contributed by atoms with Crippen LogP contribution in [0.5, 0.6) is 17.2 Å². The molecule has 1 aliphatic heterocycles. The van der Waals surface area contributed by atoms with E-state index in [1.165, 1.54) is 18.4 Å². The average molecular weight is 428 g/mol. The molecule has 2 aromatic carbocycles. The third-order valence-corrected chi connectivity index (χ3v) is 5.51. The first-order chi connectivity index (χ1) is 14.6. The van der Waals surface area contributed by atoms with Gasteiger partial charge in [-0.05, 0) is 31.2 Å². The lowest BCUT2D eigenvalue weighted by Crippen LogP contribution is -2.22. The van der Waals surface area contributed by atoms with Crippen molar-refractivity contribution in [3.63, 3.8) is 0 Å². The first-order valence-corrected chi connectivity index (χ1v) is 10.2. The molecule has 0 bridgehead atoms. The van der Waals surface area contributed by atoms with Crippen molar-refractivity contribution in [3.05, 3.63) is 46.8 Å². The predicted octanol–water partition coefficient (Wildman–Crippen LogP) is 2.79. The number of esters is 1. The zero-order valence-corrected chi connectivity index (χ0v) is 17.4. The quantitative estimate of drug-likeness (QED) is 0.581. The highest BCUT2D eigenvalue weighted by molar-refractivity contribution is 7.16. The number of rotatable bonds is 5. The van der Waals surface area contributed by atoms with Crippen LogP contribution in [0.4, 0.5) is 0 Å². The molecule has 156 valence electrons. The Bertz CT molecular complexity index is 1160. The Labute approximate surface area is 176 Å². The molecule has 1 aliphatic rings. The lowest BCUT2D eigenvalue weighted by Gasteiger charge is -2.18. The number of aromatic nitrogens is 1. The molecule has 4 rings (SSSR count). The summed E-state index contributed by atoms with van der Waals surface area (Å²) in [7, 11) is 1.32. The third kappa shape index (κ3) is 4.02. The first-order valence-electron chi connectivity index (χ1n) is 9.40. The molecule has 1 aromatic heterocycles. The fraction of sp³-hybridized carbons (Fsp3) is 0.286. The molecule has 0 fully saturated rings. The van der Waals surface area contributed by atoms with Gasteiger partial charge in [0.2, 0.25) is 0 Å². The van der Waals surface area contributed by atoms with E-state index in [1.807, 2.05) is 13.0 Å². The Morgan fingerprint density at radius 2 is 1.83 bits per heavy atom. The van der Waals surface area contributed by atoms with Crippen molar-refractivity contribution in [2.75, 3.05) is 26.9 Å². The summed E-state index contributed by atoms with van der Waals surface area (Å²) in [5.41, 5.74) is 1.14. The molecule has 0 spiro atoms. The fourth-order valence-corrected chi connectivity index (χ4v) is 4.09. The minimum atomic E-state index is -0.445. The second-order valence-electron chi connectivity index (χ2n) is 6.38. The summed E-state index contributed by atoms with van der Waals surface area (Å²) in [5.74, 6) is 1.04. The molecule has 8 nitrogen and oxygen atoms in total. The Morgan fingerprint density at radius 1 is 1.13 bits per heavy atom. The summed E-state index contributed by atoms with van der Waals surface area (Å²) in [4.78, 5) is 29.4. The first kappa shape index (κ1) is 20.0. The van der Waals surface area contributed by atoms with Crippen LogP contribution in [0.3, 0.4) is 0 Å². The normalized spacial score (nSPS) is 13.3. The number of methoxy groups -OCH3 is 1. The molecule has 0 saturated carbocycles. The van der Waals surface area contributed by atoms with Gasteiger partial charge in [0, 0.05) is 17.7 Å². The van der Waals surface area contributed by atoms with Gasteiger partial charge in [-0.25, -0.2) is 0 Å². The van der Waals surface area contributed by atoms with Gasteiger partial charge in [0.25, 0.3) is 5.91 Å². The van der Waals surface area contributed by atoms with Crippen molar-refractivity contribution >= 4 is 33.4 Å². The lowest BCUT2D eigenvalue weighted by atomic mass is 10.2. The summed E-state index contributed by atoms with van der Waals surface area (Å²) in [6.45, 7) is 3.28. The van der Waals surface area contributed by atoms with Crippen LogP contribution in [0.25, 0.3) is 10.2 Å². The summed E-state index contributed by atoms with van der Waals surface area (Å²) in [5, 5.41) is 0. The Hall–Kier alpha value is -3.33. The van der Waals surface area contributed by atoms with E-state index >= 15 is 0 Å². The maximum absolute atomic E-state index is 12.7. The molecule has 0 radical (unpaired) electrons. The van der Waals surface area contributed by atoms with E-state index in [0.29, 0.717) is 53.0 Å². The molecule has 1 amide bonds. The number of ether oxygens (including phenoxy) is 4. The monoisotopic (exact) mass is 428 g/mol. The Balaban J connectivity index is 1.78. The molecule has 0 saturated heterocycles. The summed E-state index contributed by atoms with van der Waals surface area (Å²) in [6, 6.07) is 10.4. The second kappa shape index (κ2) is 8.58. The highest BCUT2D eigenvalue weighted by Gasteiger charge is 2.18. The van der Waals surface area contributed by atoms with Crippen LogP contribution >= 0.6 is 11.3 Å². The number of hydrogen-bond acceptors (Lipinski definition) is 7. The third-order valence-electron chi connectivity index (χ3n) is 4.47. The number of amides is 1. The highest BCUT2D eigenvalue weighted by atomic mass is 32.1. The molecule has 3 aromatic rings. The number of hydrogen-bond donors (Lipinski definition) is 0. The van der Waals surface area contributed by atoms with E-state index in [0.717, 1.165) is 4.70 Å². The topological polar surface area (TPSA) is 88.4 Å². The van der Waals surface area contributed by atoms with Gasteiger partial charge < -0.3 is 23.5 Å². The van der Waals surface area contributed by atoms with E-state index in [2.05, 4.69) is 4.99 Å². The van der Waals surface area contributed by atoms with Gasteiger partial charge in [0.1, 0.15) is 25.5 Å². The van der Waals surface area contributed by atoms with Crippen LogP contribution in [0.2, 0.25) is 0 Å². The van der Waals surface area contributed by atoms with E-state index in [1.54, 1.807) is 34.9 Å². The van der Waals surface area contributed by atoms with E-state index in [-0.39, 0.29) is 6.54 Å². The van der Waals surface area contributed by atoms with E-state index < -0.39 is 11.9 Å². The summed E-state index contributed by atoms with van der Waals surface area (Å²) < 4.78 is 24.0. The summed E-state index contributed by atoms with van der Waals surface area (Å²) >= 11 is 1.29. The molecule has 0 atom stereocenters. The number of carbonyl (C=O) groups excluding carboxylic acids is 2. The predicted molar refractivity (Wildman–Crippen MR) is 110 cm³/mol. The maximum atomic E-state index is 12.7. The van der Waals surface area contributed by atoms with Gasteiger partial charge in [0.05, 0.1) is 23.9 Å². The van der Waals surface area contributed by atoms with Crippen molar-refractivity contribution in [1.29, 1.82) is 0 Å². The van der Waals surface area contributed by atoms with Crippen molar-refractivity contribution < 1.29 is 28.5 Å². The van der Waals surface area contributed by atoms with Crippen LogP contribution < -0.4 is 19.0 Å². The minimum Gasteiger partial charge on any atom is -0.494 e. The number of fused-ring (bicyclic) bond motifs is 2. The van der Waals surface area contributed by atoms with Crippen molar-refractivity contribution in [2.24, 2.45) is 4.99 Å². The van der Waals surface area contributed by atoms with Crippen LogP contribution in [-0.4, -0.2) is 43.4 Å². The SMILES string of the molecule is CCOc1ccc(C(=O)N=c2sc3cc4c(cc3n2CC(=O)OC)OCCO4)cc1. The van der Waals surface area contributed by atoms with Crippen molar-refractivity contribution in [2.45, 2.75) is 13.5 Å². The van der Waals surface area contributed by atoms with E-state index in [4.69, 9.17) is 18.9 Å². The lowest BCUT2D eigenvalue weighted by molar-refractivity contribution is -0.141. The maximum Gasteiger partial charge on any atom is 0.325 e. The zero-order valence-electron chi connectivity index (χ0n) is 16.5. The van der Waals surface area contributed by atoms with Crippen LogP contribution in [0, 0.1) is 0 Å². The molecule has 0 aliphatic carbocycles. The number of nitrogens with zero attached hydrogens (tertiary/aromatic N) is 2. The van der Waals surface area contributed by atoms with Gasteiger partial charge in [-0.1, -0.05) is 11.3 Å². The van der Waals surface area contributed by atoms with Crippen LogP contribution in [0.1, 0.15) is 17.3 Å². The Morgan fingerprint density at radius 3 is 2.50 bits per heavy atom. The zero-order chi connectivity index (χ0) is 21.1. The smallest absolute Gasteiger partial charge is 0.325 e. The van der Waals surface area contributed by atoms with Crippen LogP contribution in [-0.2, 0) is 16.1 Å². The van der Waals surface area contributed by atoms with E-state index in [9.17, 15) is 9.59 Å². The molecule has 9 heteroatoms. The molecule has 0 N–H and O–H groups in total. The summed E-state index contributed by atoms with van der Waals surface area (Å²) in [6.07, 6.45) is 0. The molecular formula is C21H20N2O6S. The average Bonchev–Trinajstić information content (AvgIpc) is 3.08. The van der Waals surface area contributed by atoms with Gasteiger partial charge in [-0.3, -0.25) is 9.59 Å². The standard InChI is InChI=1S/C21H20N2O6S/c1-3-27-14-6-4-13(5-7-14)20(25)22-21-23(12-19(24)26-2)15-10-16-17(11-18(15)30-21)29-9-8-28-16/h4-7,10-11H,3,8-9,12H2,1-2H3. The second-order valence-corrected chi connectivity index (χ2v) is 7.39. The highest BCUT2D eigenvalue weighted by Crippen LogP contribution is 2.35. The van der Waals surface area contributed by atoms with Gasteiger partial charge in [-0.15, -0.1) is 0 Å². The van der Waals surface area contributed by atoms with Crippen molar-refractivity contribution in [3.8, 4) is 17.2 Å². The largest absolute Gasteiger partial charge is 0.494 e. The number of carbonyl (C=O) groups is 2. The molecule has 30 heavy (non-hydrogen) atoms.